The van der Waals surface area contributed by atoms with Crippen LogP contribution < -0.4 is 5.32 Å². The van der Waals surface area contributed by atoms with Gasteiger partial charge in [-0.05, 0) is 47.1 Å². The number of hydrogen-bond acceptors (Lipinski definition) is 2. The summed E-state index contributed by atoms with van der Waals surface area (Å²) in [7, 11) is 1.78. The van der Waals surface area contributed by atoms with Gasteiger partial charge in [0.1, 0.15) is 5.82 Å². The van der Waals surface area contributed by atoms with E-state index in [4.69, 9.17) is 11.6 Å². The summed E-state index contributed by atoms with van der Waals surface area (Å²) in [6, 6.07) is 5.16. The van der Waals surface area contributed by atoms with Gasteiger partial charge in [-0.1, -0.05) is 23.7 Å². The predicted molar refractivity (Wildman–Crippen MR) is 79.0 cm³/mol. The average Bonchev–Trinajstić information content (AvgIpc) is 2.40. The van der Waals surface area contributed by atoms with Crippen molar-refractivity contribution >= 4 is 27.5 Å². The Labute approximate surface area is 125 Å². The molecule has 0 radical (unpaired) electrons. The zero-order chi connectivity index (χ0) is 14.0. The van der Waals surface area contributed by atoms with E-state index >= 15 is 0 Å². The first-order valence-corrected chi connectivity index (χ1v) is 6.94. The van der Waals surface area contributed by atoms with Gasteiger partial charge in [-0.15, -0.1) is 0 Å². The third kappa shape index (κ3) is 2.96. The zero-order valence-corrected chi connectivity index (χ0v) is 12.9. The minimum Gasteiger partial charge on any atom is -0.309 e. The molecule has 0 aliphatic heterocycles. The summed E-state index contributed by atoms with van der Waals surface area (Å²) in [6.45, 7) is 1.95. The first kappa shape index (κ1) is 14.4. The van der Waals surface area contributed by atoms with E-state index in [0.717, 1.165) is 11.1 Å². The van der Waals surface area contributed by atoms with Gasteiger partial charge in [-0.3, -0.25) is 4.98 Å². The van der Waals surface area contributed by atoms with Crippen LogP contribution in [-0.4, -0.2) is 12.0 Å². The van der Waals surface area contributed by atoms with Gasteiger partial charge in [0.2, 0.25) is 0 Å². The Morgan fingerprint density at radius 2 is 2.11 bits per heavy atom. The van der Waals surface area contributed by atoms with Gasteiger partial charge >= 0.3 is 0 Å². The Hall–Kier alpha value is -0.970. The molecule has 0 aliphatic carbocycles. The fourth-order valence-electron chi connectivity index (χ4n) is 2.00. The van der Waals surface area contributed by atoms with E-state index in [0.29, 0.717) is 10.0 Å². The Balaban J connectivity index is 2.51. The van der Waals surface area contributed by atoms with Crippen molar-refractivity contribution in [3.63, 3.8) is 0 Å². The topological polar surface area (TPSA) is 24.9 Å². The lowest BCUT2D eigenvalue weighted by atomic mass is 9.99. The molecule has 1 aromatic carbocycles. The molecule has 0 saturated heterocycles. The van der Waals surface area contributed by atoms with Crippen LogP contribution in [0.3, 0.4) is 0 Å². The second kappa shape index (κ2) is 5.99. The van der Waals surface area contributed by atoms with Crippen LogP contribution >= 0.6 is 27.5 Å². The molecule has 0 amide bonds. The van der Waals surface area contributed by atoms with E-state index in [1.807, 2.05) is 13.0 Å². The number of hydrogen-bond donors (Lipinski definition) is 1. The second-order valence-corrected chi connectivity index (χ2v) is 5.51. The lowest BCUT2D eigenvalue weighted by Crippen LogP contribution is -2.19. The van der Waals surface area contributed by atoms with Crippen LogP contribution in [0, 0.1) is 12.7 Å². The number of aromatic nitrogens is 1. The van der Waals surface area contributed by atoms with E-state index in [9.17, 15) is 4.39 Å². The molecular weight excluding hydrogens is 331 g/mol. The molecule has 5 heteroatoms. The van der Waals surface area contributed by atoms with Crippen LogP contribution in [0.5, 0.6) is 0 Å². The lowest BCUT2D eigenvalue weighted by Gasteiger charge is -2.18. The van der Waals surface area contributed by atoms with Crippen molar-refractivity contribution in [2.45, 2.75) is 13.0 Å². The Kier molecular flexibility index (Phi) is 4.55. The molecule has 2 nitrogen and oxygen atoms in total. The van der Waals surface area contributed by atoms with Crippen LogP contribution in [0.25, 0.3) is 0 Å². The first-order chi connectivity index (χ1) is 9.04. The van der Waals surface area contributed by atoms with Gasteiger partial charge in [0.25, 0.3) is 0 Å². The highest BCUT2D eigenvalue weighted by atomic mass is 79.9. The molecule has 0 aliphatic rings. The maximum atomic E-state index is 14.3. The van der Waals surface area contributed by atoms with Gasteiger partial charge in [0.15, 0.2) is 0 Å². The van der Waals surface area contributed by atoms with Crippen molar-refractivity contribution < 1.29 is 4.39 Å². The Morgan fingerprint density at radius 3 is 2.74 bits per heavy atom. The highest BCUT2D eigenvalue weighted by Crippen LogP contribution is 2.32. The molecule has 19 heavy (non-hydrogen) atoms. The molecule has 1 N–H and O–H groups in total. The van der Waals surface area contributed by atoms with E-state index < -0.39 is 5.82 Å². The van der Waals surface area contributed by atoms with Crippen LogP contribution in [0.4, 0.5) is 4.39 Å². The van der Waals surface area contributed by atoms with Gasteiger partial charge < -0.3 is 5.32 Å². The van der Waals surface area contributed by atoms with E-state index in [1.165, 1.54) is 0 Å². The number of pyridine rings is 1. The summed E-state index contributed by atoms with van der Waals surface area (Å²) in [5, 5.41) is 3.19. The van der Waals surface area contributed by atoms with Crippen LogP contribution in [0.2, 0.25) is 5.02 Å². The molecule has 0 fully saturated rings. The third-order valence-corrected chi connectivity index (χ3v) is 4.15. The molecule has 2 rings (SSSR count). The number of benzene rings is 1. The van der Waals surface area contributed by atoms with Crippen molar-refractivity contribution in [1.29, 1.82) is 0 Å². The molecular formula is C14H13BrClFN2. The van der Waals surface area contributed by atoms with Gasteiger partial charge in [0, 0.05) is 22.4 Å². The second-order valence-electron chi connectivity index (χ2n) is 4.28. The van der Waals surface area contributed by atoms with Crippen molar-refractivity contribution in [2.75, 3.05) is 7.05 Å². The Bertz CT molecular complexity index is 604. The van der Waals surface area contributed by atoms with Gasteiger partial charge in [0.05, 0.1) is 11.1 Å². The minimum atomic E-state index is -0.420. The first-order valence-electron chi connectivity index (χ1n) is 5.76. The largest absolute Gasteiger partial charge is 0.309 e. The van der Waals surface area contributed by atoms with Crippen molar-refractivity contribution in [1.82, 2.24) is 10.3 Å². The van der Waals surface area contributed by atoms with Crippen LogP contribution in [0.15, 0.2) is 35.1 Å². The number of nitrogens with zero attached hydrogens (tertiary/aromatic N) is 1. The van der Waals surface area contributed by atoms with Gasteiger partial charge in [-0.25, -0.2) is 4.39 Å². The summed E-state index contributed by atoms with van der Waals surface area (Å²) in [5.41, 5.74) is 2.43. The molecule has 1 atom stereocenters. The molecule has 0 saturated carbocycles. The SMILES string of the molecule is CNC(c1cncc(C)c1)c1ccc(Br)c(Cl)c1F. The smallest absolute Gasteiger partial charge is 0.148 e. The molecule has 2 aromatic rings. The fraction of sp³-hybridized carbons (Fsp3) is 0.214. The maximum absolute atomic E-state index is 14.3. The maximum Gasteiger partial charge on any atom is 0.148 e. The normalized spacial score (nSPS) is 12.5. The summed E-state index contributed by atoms with van der Waals surface area (Å²) in [4.78, 5) is 4.14. The number of rotatable bonds is 3. The molecule has 100 valence electrons. The summed E-state index contributed by atoms with van der Waals surface area (Å²) >= 11 is 9.15. The van der Waals surface area contributed by atoms with Crippen molar-refractivity contribution in [2.24, 2.45) is 0 Å². The number of aryl methyl sites for hydroxylation is 1. The molecule has 0 spiro atoms. The minimum absolute atomic E-state index is 0.0957. The quantitative estimate of drug-likeness (QED) is 0.843. The monoisotopic (exact) mass is 342 g/mol. The van der Waals surface area contributed by atoms with Crippen molar-refractivity contribution in [3.8, 4) is 0 Å². The number of halogens is 3. The highest BCUT2D eigenvalue weighted by Gasteiger charge is 2.19. The molecule has 0 bridgehead atoms. The zero-order valence-electron chi connectivity index (χ0n) is 10.5. The van der Waals surface area contributed by atoms with E-state index in [2.05, 4.69) is 26.2 Å². The molecule has 1 unspecified atom stereocenters. The van der Waals surface area contributed by atoms with Crippen LogP contribution in [0.1, 0.15) is 22.7 Å². The van der Waals surface area contributed by atoms with Crippen LogP contribution in [-0.2, 0) is 0 Å². The fourth-order valence-corrected chi connectivity index (χ4v) is 2.48. The average molecular weight is 344 g/mol. The standard InChI is InChI=1S/C14H13BrClFN2/c1-8-5-9(7-19-6-8)14(18-2)10-3-4-11(15)12(16)13(10)17/h3-7,14,18H,1-2H3. The van der Waals surface area contributed by atoms with E-state index in [-0.39, 0.29) is 11.1 Å². The van der Waals surface area contributed by atoms with E-state index in [1.54, 1.807) is 31.6 Å². The summed E-state index contributed by atoms with van der Waals surface area (Å²) in [6.07, 6.45) is 3.49. The molecule has 1 heterocycles. The van der Waals surface area contributed by atoms with Gasteiger partial charge in [-0.2, -0.15) is 0 Å². The summed E-state index contributed by atoms with van der Waals surface area (Å²) < 4.78 is 14.8. The summed E-state index contributed by atoms with van der Waals surface area (Å²) in [5.74, 6) is -0.420. The third-order valence-electron chi connectivity index (χ3n) is 2.89. The molecule has 1 aromatic heterocycles. The Morgan fingerprint density at radius 1 is 1.37 bits per heavy atom. The lowest BCUT2D eigenvalue weighted by molar-refractivity contribution is 0.575. The predicted octanol–water partition coefficient (Wildman–Crippen LogP) is 4.25. The number of nitrogens with one attached hydrogen (secondary N) is 1. The van der Waals surface area contributed by atoms with Crippen molar-refractivity contribution in [3.05, 3.63) is 62.6 Å². The highest BCUT2D eigenvalue weighted by molar-refractivity contribution is 9.10.